The van der Waals surface area contributed by atoms with Gasteiger partial charge >= 0.3 is 0 Å². The van der Waals surface area contributed by atoms with Gasteiger partial charge in [-0.05, 0) is 0 Å². The zero-order chi connectivity index (χ0) is 11.3. The second-order valence-corrected chi connectivity index (χ2v) is 2.85. The van der Waals surface area contributed by atoms with Crippen molar-refractivity contribution in [1.29, 1.82) is 0 Å². The molecular formula is C7H15NO6. The first-order chi connectivity index (χ1) is 6.45. The van der Waals surface area contributed by atoms with Gasteiger partial charge in [0.05, 0.1) is 13.2 Å². The Morgan fingerprint density at radius 1 is 1.14 bits per heavy atom. The van der Waals surface area contributed by atoms with Gasteiger partial charge in [0.1, 0.15) is 24.4 Å². The number of aliphatic hydroxyl groups is 5. The van der Waals surface area contributed by atoms with Crippen LogP contribution in [0.25, 0.3) is 0 Å². The number of rotatable bonds is 6. The van der Waals surface area contributed by atoms with Crippen LogP contribution in [0.3, 0.4) is 0 Å². The van der Waals surface area contributed by atoms with Gasteiger partial charge in [0.15, 0.2) is 5.78 Å². The van der Waals surface area contributed by atoms with E-state index in [2.05, 4.69) is 0 Å². The molecule has 7 N–H and O–H groups in total. The molecule has 0 rings (SSSR count). The van der Waals surface area contributed by atoms with Crippen LogP contribution in [0.1, 0.15) is 0 Å². The number of aliphatic hydroxyl groups excluding tert-OH is 5. The molecule has 0 aliphatic heterocycles. The van der Waals surface area contributed by atoms with Crippen LogP contribution in [0.4, 0.5) is 0 Å². The zero-order valence-corrected chi connectivity index (χ0v) is 7.45. The molecule has 0 bridgehead atoms. The van der Waals surface area contributed by atoms with Gasteiger partial charge in [-0.1, -0.05) is 0 Å². The molecule has 14 heavy (non-hydrogen) atoms. The molecule has 0 spiro atoms. The second-order valence-electron chi connectivity index (χ2n) is 2.85. The lowest BCUT2D eigenvalue weighted by Crippen LogP contribution is -2.49. The second kappa shape index (κ2) is 6.02. The molecule has 7 nitrogen and oxygen atoms in total. The van der Waals surface area contributed by atoms with Crippen LogP contribution >= 0.6 is 0 Å². The maximum Gasteiger partial charge on any atom is 0.177 e. The van der Waals surface area contributed by atoms with Crippen LogP contribution in [0, 0.1) is 0 Å². The van der Waals surface area contributed by atoms with E-state index in [4.69, 9.17) is 31.3 Å². The van der Waals surface area contributed by atoms with Crippen molar-refractivity contribution in [3.8, 4) is 0 Å². The summed E-state index contributed by atoms with van der Waals surface area (Å²) in [7, 11) is 0. The molecule has 0 aromatic carbocycles. The summed E-state index contributed by atoms with van der Waals surface area (Å²) in [6, 6.07) is 0. The van der Waals surface area contributed by atoms with Gasteiger partial charge in [-0.2, -0.15) is 0 Å². The van der Waals surface area contributed by atoms with Crippen LogP contribution in [-0.4, -0.2) is 68.9 Å². The van der Waals surface area contributed by atoms with E-state index >= 15 is 0 Å². The highest BCUT2D eigenvalue weighted by Crippen LogP contribution is 2.05. The predicted octanol–water partition coefficient (Wildman–Crippen LogP) is -4.05. The van der Waals surface area contributed by atoms with E-state index in [9.17, 15) is 4.79 Å². The van der Waals surface area contributed by atoms with Crippen molar-refractivity contribution in [3.05, 3.63) is 0 Å². The Balaban J connectivity index is 4.30. The van der Waals surface area contributed by atoms with Gasteiger partial charge in [0.2, 0.25) is 0 Å². The van der Waals surface area contributed by atoms with Crippen LogP contribution < -0.4 is 5.73 Å². The summed E-state index contributed by atoms with van der Waals surface area (Å²) in [6.07, 6.45) is -7.15. The summed E-state index contributed by atoms with van der Waals surface area (Å²) in [5.41, 5.74) is 4.91. The summed E-state index contributed by atoms with van der Waals surface area (Å²) >= 11 is 0. The predicted molar refractivity (Wildman–Crippen MR) is 45.2 cm³/mol. The molecule has 7 heteroatoms. The van der Waals surface area contributed by atoms with Crippen molar-refractivity contribution in [2.45, 2.75) is 24.4 Å². The van der Waals surface area contributed by atoms with Gasteiger partial charge in [-0.3, -0.25) is 4.79 Å². The Bertz CT molecular complexity index is 187. The third kappa shape index (κ3) is 3.29. The molecule has 0 aromatic rings. The van der Waals surface area contributed by atoms with Crippen molar-refractivity contribution in [2.24, 2.45) is 5.73 Å². The standard InChI is InChI=1S/C7H15NO6/c8-1-3(10)5(12)7(14)6(13)4(11)2-9/h4-7,9,11-14H,1-2,8H2/t4-,5-,6-,7-/m1/s1. The summed E-state index contributed by atoms with van der Waals surface area (Å²) < 4.78 is 0. The van der Waals surface area contributed by atoms with Gasteiger partial charge < -0.3 is 31.3 Å². The Morgan fingerprint density at radius 3 is 2.00 bits per heavy atom. The summed E-state index contributed by atoms with van der Waals surface area (Å²) in [4.78, 5) is 10.8. The fraction of sp³-hybridized carbons (Fsp3) is 0.857. The fourth-order valence-corrected chi connectivity index (χ4v) is 0.834. The molecule has 0 heterocycles. The molecule has 0 aromatic heterocycles. The average molecular weight is 209 g/mol. The topological polar surface area (TPSA) is 144 Å². The van der Waals surface area contributed by atoms with Crippen molar-refractivity contribution >= 4 is 5.78 Å². The molecule has 0 saturated heterocycles. The smallest absolute Gasteiger partial charge is 0.177 e. The van der Waals surface area contributed by atoms with E-state index in [0.717, 1.165) is 0 Å². The fourth-order valence-electron chi connectivity index (χ4n) is 0.834. The van der Waals surface area contributed by atoms with Gasteiger partial charge in [-0.15, -0.1) is 0 Å². The summed E-state index contributed by atoms with van der Waals surface area (Å²) in [5, 5.41) is 44.6. The maximum atomic E-state index is 10.8. The molecule has 0 radical (unpaired) electrons. The Hall–Kier alpha value is -0.570. The number of ketones is 1. The zero-order valence-electron chi connectivity index (χ0n) is 7.45. The Labute approximate surface area is 80.4 Å². The Kier molecular flexibility index (Phi) is 5.77. The molecule has 0 aliphatic carbocycles. The number of carbonyl (C=O) groups is 1. The van der Waals surface area contributed by atoms with Crippen molar-refractivity contribution in [2.75, 3.05) is 13.2 Å². The van der Waals surface area contributed by atoms with Crippen molar-refractivity contribution in [1.82, 2.24) is 0 Å². The SMILES string of the molecule is NCC(=O)[C@@H](O)[C@@H](O)[C@H](O)[C@H](O)CO. The maximum absolute atomic E-state index is 10.8. The van der Waals surface area contributed by atoms with E-state index < -0.39 is 43.4 Å². The quantitative estimate of drug-likeness (QED) is 0.261. The molecular weight excluding hydrogens is 194 g/mol. The van der Waals surface area contributed by atoms with Crippen LogP contribution in [0.5, 0.6) is 0 Å². The van der Waals surface area contributed by atoms with E-state index in [1.54, 1.807) is 0 Å². The number of carbonyl (C=O) groups excluding carboxylic acids is 1. The summed E-state index contributed by atoms with van der Waals surface area (Å²) in [6.45, 7) is -1.28. The minimum Gasteiger partial charge on any atom is -0.394 e. The summed E-state index contributed by atoms with van der Waals surface area (Å²) in [5.74, 6) is -0.860. The molecule has 0 fully saturated rings. The van der Waals surface area contributed by atoms with Crippen LogP contribution in [-0.2, 0) is 4.79 Å². The molecule has 0 saturated carbocycles. The third-order valence-corrected chi connectivity index (χ3v) is 1.79. The minimum atomic E-state index is -1.87. The Morgan fingerprint density at radius 2 is 1.64 bits per heavy atom. The first-order valence-electron chi connectivity index (χ1n) is 4.01. The molecule has 0 amide bonds. The van der Waals surface area contributed by atoms with E-state index in [-0.39, 0.29) is 0 Å². The average Bonchev–Trinajstić information content (AvgIpc) is 2.23. The van der Waals surface area contributed by atoms with Gasteiger partial charge in [0, 0.05) is 0 Å². The van der Waals surface area contributed by atoms with Crippen molar-refractivity contribution in [3.63, 3.8) is 0 Å². The number of hydrogen-bond acceptors (Lipinski definition) is 7. The first-order valence-corrected chi connectivity index (χ1v) is 4.01. The third-order valence-electron chi connectivity index (χ3n) is 1.79. The number of Topliss-reactive ketones (excluding diaryl/α,β-unsaturated/α-hetero) is 1. The number of hydrogen-bond donors (Lipinski definition) is 6. The van der Waals surface area contributed by atoms with Gasteiger partial charge in [-0.25, -0.2) is 0 Å². The number of nitrogens with two attached hydrogens (primary N) is 1. The molecule has 0 unspecified atom stereocenters. The van der Waals surface area contributed by atoms with E-state index in [1.165, 1.54) is 0 Å². The lowest BCUT2D eigenvalue weighted by molar-refractivity contribution is -0.145. The largest absolute Gasteiger partial charge is 0.394 e. The lowest BCUT2D eigenvalue weighted by atomic mass is 10.0. The van der Waals surface area contributed by atoms with Gasteiger partial charge in [0.25, 0.3) is 0 Å². The molecule has 84 valence electrons. The highest BCUT2D eigenvalue weighted by Gasteiger charge is 2.33. The lowest BCUT2D eigenvalue weighted by Gasteiger charge is -2.24. The van der Waals surface area contributed by atoms with Crippen LogP contribution in [0.15, 0.2) is 0 Å². The highest BCUT2D eigenvalue weighted by atomic mass is 16.4. The van der Waals surface area contributed by atoms with Crippen LogP contribution in [0.2, 0.25) is 0 Å². The van der Waals surface area contributed by atoms with E-state index in [0.29, 0.717) is 0 Å². The van der Waals surface area contributed by atoms with E-state index in [1.807, 2.05) is 0 Å². The normalized spacial score (nSPS) is 19.9. The first kappa shape index (κ1) is 13.4. The minimum absolute atomic E-state index is 0.486. The monoisotopic (exact) mass is 209 g/mol. The molecule has 4 atom stereocenters. The highest BCUT2D eigenvalue weighted by molar-refractivity contribution is 5.85. The van der Waals surface area contributed by atoms with Crippen molar-refractivity contribution < 1.29 is 30.3 Å². The molecule has 0 aliphatic rings.